The summed E-state index contributed by atoms with van der Waals surface area (Å²) in [6.45, 7) is 49.3. The molecule has 0 aliphatic heterocycles. The lowest BCUT2D eigenvalue weighted by molar-refractivity contribution is -0.141. The van der Waals surface area contributed by atoms with Gasteiger partial charge in [0.15, 0.2) is 12.6 Å². The summed E-state index contributed by atoms with van der Waals surface area (Å²) in [5.41, 5.74) is 6.49. The second kappa shape index (κ2) is 70.9. The minimum Gasteiger partial charge on any atom is -0.466 e. The maximum absolute atomic E-state index is 10.5. The fourth-order valence-corrected chi connectivity index (χ4v) is 5.19. The number of esters is 1. The van der Waals surface area contributed by atoms with E-state index in [0.29, 0.717) is 24.9 Å². The van der Waals surface area contributed by atoms with Gasteiger partial charge in [0.1, 0.15) is 12.6 Å². The predicted octanol–water partition coefficient (Wildman–Crippen LogP) is 19.1. The molecular weight excluding hydrogens is 913 g/mol. The van der Waals surface area contributed by atoms with Crippen molar-refractivity contribution in [1.82, 2.24) is 0 Å². The fourth-order valence-electron chi connectivity index (χ4n) is 5.19. The van der Waals surface area contributed by atoms with Gasteiger partial charge in [-0.1, -0.05) is 151 Å². The van der Waals surface area contributed by atoms with E-state index in [2.05, 4.69) is 139 Å². The van der Waals surface area contributed by atoms with E-state index < -0.39 is 0 Å². The number of carbonyl (C=O) groups excluding carboxylic acids is 3. The average Bonchev–Trinajstić information content (AvgIpc) is 3.33. The number of hydrogen-bond acceptors (Lipinski definition) is 9. The van der Waals surface area contributed by atoms with Gasteiger partial charge in [-0.2, -0.15) is 0 Å². The first-order valence-electron chi connectivity index (χ1n) is 28.3. The number of unbranched alkanes of at least 4 members (excludes halogenated alkanes) is 3. The highest BCUT2D eigenvalue weighted by Gasteiger charge is 2.04. The van der Waals surface area contributed by atoms with Gasteiger partial charge in [0.25, 0.3) is 0 Å². The Kier molecular flexibility index (Phi) is 81.3. The zero-order chi connectivity index (χ0) is 57.5. The SMILES string of the molecule is CC(=O)OCCC(C)CCC=C(C)C.CC(C)=CCC/C(C)=C/C=O.CC(C)=CCCC(C)CC=O.CCCC.CCCC.CCCCOC(C)c1ccccc1.CCOC(C)OCC.CCOC(C)OCC. The lowest BCUT2D eigenvalue weighted by atomic mass is 10.0. The summed E-state index contributed by atoms with van der Waals surface area (Å²) in [6, 6.07) is 10.3. The number of ether oxygens (including phenoxy) is 6. The van der Waals surface area contributed by atoms with Gasteiger partial charge in [-0.05, 0) is 172 Å². The van der Waals surface area contributed by atoms with E-state index in [1.807, 2.05) is 54.5 Å². The second-order valence-electron chi connectivity index (χ2n) is 18.7. The Morgan fingerprint density at radius 1 is 0.507 bits per heavy atom. The molecule has 0 spiro atoms. The quantitative estimate of drug-likeness (QED) is 0.0186. The van der Waals surface area contributed by atoms with Crippen molar-refractivity contribution in [3.05, 3.63) is 82.5 Å². The smallest absolute Gasteiger partial charge is 0.302 e. The van der Waals surface area contributed by atoms with Gasteiger partial charge >= 0.3 is 5.97 Å². The molecule has 0 aromatic heterocycles. The largest absolute Gasteiger partial charge is 0.466 e. The molecule has 73 heavy (non-hydrogen) atoms. The van der Waals surface area contributed by atoms with E-state index in [1.165, 1.54) is 67.7 Å². The molecule has 0 radical (unpaired) electrons. The van der Waals surface area contributed by atoms with Gasteiger partial charge < -0.3 is 33.2 Å². The Morgan fingerprint density at radius 2 is 0.918 bits per heavy atom. The highest BCUT2D eigenvalue weighted by molar-refractivity contribution is 5.66. The molecule has 0 bridgehead atoms. The third-order valence-corrected chi connectivity index (χ3v) is 10.0. The van der Waals surface area contributed by atoms with Crippen molar-refractivity contribution in [2.45, 2.75) is 261 Å². The maximum atomic E-state index is 10.5. The number of hydrogen-bond donors (Lipinski definition) is 0. The van der Waals surface area contributed by atoms with Crippen LogP contribution in [0.2, 0.25) is 0 Å². The standard InChI is InChI=1S/C12H22O2.C12H18O.C10H18O.C10H16O.2C6H14O2.2C4H10/c1-10(2)6-5-7-11(3)8-9-14-12(4)13;1-3-4-10-13-11(2)12-8-6-5-7-9-12;2*1-9(2)5-4-6-10(3)7-8-11;2*1-4-7-6(3)8-5-2;2*1-3-4-2/h6,11H,5,7-9H2,1-4H3;5-9,11H,3-4,10H2,1-2H3;5,8,10H,4,6-7H2,1-3H3;5,7-8H,4,6H2,1-3H3;2*6H,4-5H2,1-3H3;2*3-4H2,1-2H3/b;;;10-7+;;;;. The normalized spacial score (nSPS) is 11.2. The first kappa shape index (κ1) is 83.8. The van der Waals surface area contributed by atoms with Crippen molar-refractivity contribution in [3.8, 4) is 0 Å². The summed E-state index contributed by atoms with van der Waals surface area (Å²) in [4.78, 5) is 30.6. The van der Waals surface area contributed by atoms with Crippen LogP contribution in [0.4, 0.5) is 0 Å². The van der Waals surface area contributed by atoms with Crippen LogP contribution >= 0.6 is 0 Å². The molecule has 0 aliphatic rings. The van der Waals surface area contributed by atoms with Crippen molar-refractivity contribution in [2.75, 3.05) is 39.6 Å². The molecule has 0 amide bonds. The van der Waals surface area contributed by atoms with Crippen molar-refractivity contribution in [3.63, 3.8) is 0 Å². The van der Waals surface area contributed by atoms with E-state index in [-0.39, 0.29) is 24.7 Å². The van der Waals surface area contributed by atoms with E-state index in [9.17, 15) is 14.4 Å². The number of allylic oxidation sites excluding steroid dienone is 8. The van der Waals surface area contributed by atoms with Gasteiger partial charge in [-0.3, -0.25) is 9.59 Å². The summed E-state index contributed by atoms with van der Waals surface area (Å²) in [7, 11) is 0. The molecule has 1 aromatic carbocycles. The molecule has 432 valence electrons. The zero-order valence-electron chi connectivity index (χ0n) is 52.1. The van der Waals surface area contributed by atoms with Crippen LogP contribution in [0.3, 0.4) is 0 Å². The number of benzene rings is 1. The van der Waals surface area contributed by atoms with E-state index in [4.69, 9.17) is 28.4 Å². The molecule has 9 nitrogen and oxygen atoms in total. The summed E-state index contributed by atoms with van der Waals surface area (Å²) < 4.78 is 30.8. The van der Waals surface area contributed by atoms with Crippen molar-refractivity contribution in [1.29, 1.82) is 0 Å². The zero-order valence-corrected chi connectivity index (χ0v) is 52.1. The molecule has 0 aliphatic carbocycles. The van der Waals surface area contributed by atoms with Crippen LogP contribution in [0.1, 0.15) is 254 Å². The van der Waals surface area contributed by atoms with Crippen molar-refractivity contribution in [2.24, 2.45) is 11.8 Å². The van der Waals surface area contributed by atoms with Crippen LogP contribution in [0, 0.1) is 11.8 Å². The molecule has 1 aromatic rings. The summed E-state index contributed by atoms with van der Waals surface area (Å²) in [5.74, 6) is 0.995. The Bertz CT molecular complexity index is 1320. The molecule has 0 saturated carbocycles. The highest BCUT2D eigenvalue weighted by atomic mass is 16.7. The van der Waals surface area contributed by atoms with Crippen LogP contribution in [0.5, 0.6) is 0 Å². The minimum absolute atomic E-state index is 0.0370. The highest BCUT2D eigenvalue weighted by Crippen LogP contribution is 2.16. The third-order valence-electron chi connectivity index (χ3n) is 10.0. The Labute approximate surface area is 454 Å². The third kappa shape index (κ3) is 91.9. The fraction of sp³-hybridized carbons (Fsp3) is 0.734. The monoisotopic (exact) mass is 1030 g/mol. The first-order chi connectivity index (χ1) is 34.6. The summed E-state index contributed by atoms with van der Waals surface area (Å²) in [5, 5.41) is 0. The molecule has 3 atom stereocenters. The van der Waals surface area contributed by atoms with E-state index in [1.54, 1.807) is 6.08 Å². The van der Waals surface area contributed by atoms with Gasteiger partial charge in [0, 0.05) is 46.4 Å². The van der Waals surface area contributed by atoms with Crippen LogP contribution in [0.15, 0.2) is 76.9 Å². The van der Waals surface area contributed by atoms with Gasteiger partial charge in [-0.15, -0.1) is 0 Å². The molecule has 0 heterocycles. The second-order valence-corrected chi connectivity index (χ2v) is 18.7. The number of carbonyl (C=O) groups is 3. The van der Waals surface area contributed by atoms with Crippen LogP contribution in [-0.4, -0.2) is 70.8 Å². The Balaban J connectivity index is -0.000000140. The summed E-state index contributed by atoms with van der Waals surface area (Å²) in [6.07, 6.45) is 26.2. The van der Waals surface area contributed by atoms with Crippen LogP contribution in [0.25, 0.3) is 0 Å². The van der Waals surface area contributed by atoms with Crippen molar-refractivity contribution >= 4 is 18.5 Å². The van der Waals surface area contributed by atoms with Crippen LogP contribution < -0.4 is 0 Å². The lowest BCUT2D eigenvalue weighted by Gasteiger charge is -2.12. The first-order valence-corrected chi connectivity index (χ1v) is 28.3. The van der Waals surface area contributed by atoms with E-state index in [0.717, 1.165) is 96.1 Å². The van der Waals surface area contributed by atoms with Crippen LogP contribution in [-0.2, 0) is 42.8 Å². The molecule has 0 N–H and O–H groups in total. The average molecular weight is 1040 g/mol. The molecule has 9 heteroatoms. The molecule has 0 saturated heterocycles. The maximum Gasteiger partial charge on any atom is 0.302 e. The Hall–Kier alpha value is -3.21. The molecule has 0 fully saturated rings. The molecule has 1 rings (SSSR count). The predicted molar refractivity (Wildman–Crippen MR) is 318 cm³/mol. The lowest BCUT2D eigenvalue weighted by Crippen LogP contribution is -2.11. The number of aldehydes is 2. The number of rotatable bonds is 30. The van der Waals surface area contributed by atoms with Gasteiger partial charge in [0.05, 0.1) is 12.7 Å². The summed E-state index contributed by atoms with van der Waals surface area (Å²) >= 11 is 0. The van der Waals surface area contributed by atoms with Crippen molar-refractivity contribution < 1.29 is 42.8 Å². The molecular formula is C64H122O9. The van der Waals surface area contributed by atoms with E-state index >= 15 is 0 Å². The van der Waals surface area contributed by atoms with Gasteiger partial charge in [0.2, 0.25) is 0 Å². The van der Waals surface area contributed by atoms with Gasteiger partial charge in [-0.25, -0.2) is 0 Å². The Morgan fingerprint density at radius 3 is 1.26 bits per heavy atom. The molecule has 3 unspecified atom stereocenters. The minimum atomic E-state index is -0.179. The topological polar surface area (TPSA) is 107 Å².